The molecule has 0 radical (unpaired) electrons. The van der Waals surface area contributed by atoms with Crippen molar-refractivity contribution in [3.8, 4) is 16.4 Å². The van der Waals surface area contributed by atoms with Crippen LogP contribution in [0.3, 0.4) is 0 Å². The number of halogens is 1. The largest absolute Gasteiger partial charge is 0.486 e. The third-order valence-electron chi connectivity index (χ3n) is 2.91. The van der Waals surface area contributed by atoms with Crippen molar-refractivity contribution in [1.29, 1.82) is 0 Å². The van der Waals surface area contributed by atoms with Crippen LogP contribution >= 0.6 is 22.9 Å². The summed E-state index contributed by atoms with van der Waals surface area (Å²) in [5.74, 6) is 0.439. The Kier molecular flexibility index (Phi) is 4.13. The minimum absolute atomic E-state index is 0.163. The molecule has 1 amide bonds. The van der Waals surface area contributed by atoms with Crippen molar-refractivity contribution in [2.24, 2.45) is 5.73 Å². The molecular formula is C15H11ClN2O3S. The first-order valence-corrected chi connectivity index (χ1v) is 7.61. The van der Waals surface area contributed by atoms with Gasteiger partial charge in [-0.2, -0.15) is 0 Å². The fourth-order valence-corrected chi connectivity index (χ4v) is 2.73. The predicted octanol–water partition coefficient (Wildman–Crippen LogP) is 3.73. The molecule has 0 aliphatic rings. The van der Waals surface area contributed by atoms with E-state index >= 15 is 0 Å². The Balaban J connectivity index is 1.74. The summed E-state index contributed by atoms with van der Waals surface area (Å²) in [6.07, 6.45) is 0. The lowest BCUT2D eigenvalue weighted by Crippen LogP contribution is -2.13. The first-order chi connectivity index (χ1) is 10.6. The number of carbonyl (C=O) groups is 1. The molecule has 3 rings (SSSR count). The first kappa shape index (κ1) is 14.6. The van der Waals surface area contributed by atoms with Crippen LogP contribution in [0.25, 0.3) is 10.6 Å². The van der Waals surface area contributed by atoms with Gasteiger partial charge in [-0.3, -0.25) is 4.79 Å². The normalized spacial score (nSPS) is 10.6. The summed E-state index contributed by atoms with van der Waals surface area (Å²) in [6.45, 7) is 0.163. The molecule has 0 atom stereocenters. The molecule has 0 saturated carbocycles. The Morgan fingerprint density at radius 1 is 1.36 bits per heavy atom. The fourth-order valence-electron chi connectivity index (χ4n) is 1.89. The number of primary amides is 1. The van der Waals surface area contributed by atoms with E-state index in [2.05, 4.69) is 5.16 Å². The van der Waals surface area contributed by atoms with Gasteiger partial charge >= 0.3 is 0 Å². The third-order valence-corrected chi connectivity index (χ3v) is 4.03. The maximum atomic E-state index is 11.4. The molecule has 0 fully saturated rings. The second kappa shape index (κ2) is 6.21. The molecule has 0 spiro atoms. The van der Waals surface area contributed by atoms with E-state index in [4.69, 9.17) is 26.6 Å². The topological polar surface area (TPSA) is 78.4 Å². The van der Waals surface area contributed by atoms with E-state index in [1.165, 1.54) is 6.07 Å². The Morgan fingerprint density at radius 3 is 2.95 bits per heavy atom. The molecule has 2 aromatic heterocycles. The van der Waals surface area contributed by atoms with Crippen LogP contribution in [-0.4, -0.2) is 11.1 Å². The molecule has 1 aromatic carbocycles. The molecule has 0 bridgehead atoms. The van der Waals surface area contributed by atoms with E-state index in [0.717, 1.165) is 4.88 Å². The van der Waals surface area contributed by atoms with Gasteiger partial charge in [0.2, 0.25) is 0 Å². The van der Waals surface area contributed by atoms with Gasteiger partial charge in [-0.25, -0.2) is 0 Å². The molecule has 22 heavy (non-hydrogen) atoms. The van der Waals surface area contributed by atoms with Gasteiger partial charge in [-0.15, -0.1) is 11.3 Å². The molecule has 5 nitrogen and oxygen atoms in total. The molecule has 3 aromatic rings. The highest BCUT2D eigenvalue weighted by atomic mass is 35.5. The number of hydrogen-bond acceptors (Lipinski definition) is 5. The van der Waals surface area contributed by atoms with Crippen LogP contribution in [-0.2, 0) is 6.61 Å². The molecule has 7 heteroatoms. The zero-order valence-electron chi connectivity index (χ0n) is 11.3. The fraction of sp³-hybridized carbons (Fsp3) is 0.0667. The van der Waals surface area contributed by atoms with Crippen molar-refractivity contribution in [3.05, 3.63) is 58.1 Å². The third kappa shape index (κ3) is 3.13. The Labute approximate surface area is 135 Å². The number of amides is 1. The van der Waals surface area contributed by atoms with Gasteiger partial charge in [0.15, 0.2) is 5.76 Å². The summed E-state index contributed by atoms with van der Waals surface area (Å²) < 4.78 is 10.9. The number of nitrogens with two attached hydrogens (primary N) is 1. The molecule has 0 saturated heterocycles. The average molecular weight is 335 g/mol. The van der Waals surface area contributed by atoms with Crippen molar-refractivity contribution in [3.63, 3.8) is 0 Å². The Bertz CT molecular complexity index is 799. The lowest BCUT2D eigenvalue weighted by molar-refractivity contribution is 0.0996. The van der Waals surface area contributed by atoms with Crippen LogP contribution in [0.15, 0.2) is 46.3 Å². The predicted molar refractivity (Wildman–Crippen MR) is 84.1 cm³/mol. The van der Waals surface area contributed by atoms with E-state index in [9.17, 15) is 4.79 Å². The second-order valence-corrected chi connectivity index (χ2v) is 5.84. The van der Waals surface area contributed by atoms with Gasteiger partial charge in [0.05, 0.1) is 10.4 Å². The van der Waals surface area contributed by atoms with E-state index < -0.39 is 5.91 Å². The molecule has 0 unspecified atom stereocenters. The van der Waals surface area contributed by atoms with E-state index in [0.29, 0.717) is 22.2 Å². The number of carbonyl (C=O) groups excluding carboxylic acids is 1. The van der Waals surface area contributed by atoms with Gasteiger partial charge in [-0.05, 0) is 29.6 Å². The highest BCUT2D eigenvalue weighted by molar-refractivity contribution is 7.13. The summed E-state index contributed by atoms with van der Waals surface area (Å²) in [5.41, 5.74) is 6.16. The zero-order valence-corrected chi connectivity index (χ0v) is 12.9. The molecular weight excluding hydrogens is 324 g/mol. The summed E-state index contributed by atoms with van der Waals surface area (Å²) in [7, 11) is 0. The highest BCUT2D eigenvalue weighted by Crippen LogP contribution is 2.26. The SMILES string of the molecule is NC(=O)c1cc(Cl)ccc1OCc1cc(-c2cccs2)on1. The van der Waals surface area contributed by atoms with Crippen LogP contribution in [0, 0.1) is 0 Å². The summed E-state index contributed by atoms with van der Waals surface area (Å²) in [4.78, 5) is 12.4. The number of hydrogen-bond donors (Lipinski definition) is 1. The maximum Gasteiger partial charge on any atom is 0.252 e. The zero-order chi connectivity index (χ0) is 15.5. The van der Waals surface area contributed by atoms with Crippen molar-refractivity contribution < 1.29 is 14.1 Å². The van der Waals surface area contributed by atoms with Gasteiger partial charge in [0, 0.05) is 11.1 Å². The molecule has 0 aliphatic heterocycles. The quantitative estimate of drug-likeness (QED) is 0.771. The van der Waals surface area contributed by atoms with Gasteiger partial charge in [0.25, 0.3) is 5.91 Å². The Hall–Kier alpha value is -2.31. The van der Waals surface area contributed by atoms with Gasteiger partial charge in [-0.1, -0.05) is 22.8 Å². The molecule has 112 valence electrons. The Morgan fingerprint density at radius 2 is 2.23 bits per heavy atom. The van der Waals surface area contributed by atoms with Crippen LogP contribution in [0.1, 0.15) is 16.1 Å². The maximum absolute atomic E-state index is 11.4. The number of rotatable bonds is 5. The van der Waals surface area contributed by atoms with Crippen LogP contribution in [0.2, 0.25) is 5.02 Å². The summed E-state index contributed by atoms with van der Waals surface area (Å²) in [6, 6.07) is 10.4. The number of ether oxygens (including phenoxy) is 1. The van der Waals surface area contributed by atoms with E-state index in [1.807, 2.05) is 17.5 Å². The van der Waals surface area contributed by atoms with Crippen LogP contribution in [0.5, 0.6) is 5.75 Å². The van der Waals surface area contributed by atoms with Gasteiger partial charge in [0.1, 0.15) is 18.1 Å². The number of aromatic nitrogens is 1. The van der Waals surface area contributed by atoms with Crippen LogP contribution < -0.4 is 10.5 Å². The lowest BCUT2D eigenvalue weighted by Gasteiger charge is -2.08. The monoisotopic (exact) mass is 334 g/mol. The molecule has 2 heterocycles. The standard InChI is InChI=1S/C15H11ClN2O3S/c16-9-3-4-12(11(6-9)15(17)19)20-8-10-7-13(21-18-10)14-2-1-5-22-14/h1-7H,8H2,(H2,17,19). The second-order valence-electron chi connectivity index (χ2n) is 4.45. The van der Waals surface area contributed by atoms with E-state index in [-0.39, 0.29) is 12.2 Å². The lowest BCUT2D eigenvalue weighted by atomic mass is 10.2. The van der Waals surface area contributed by atoms with Gasteiger partial charge < -0.3 is 15.0 Å². The summed E-state index contributed by atoms with van der Waals surface area (Å²) in [5, 5.41) is 6.32. The minimum atomic E-state index is -0.600. The smallest absolute Gasteiger partial charge is 0.252 e. The first-order valence-electron chi connectivity index (χ1n) is 6.35. The van der Waals surface area contributed by atoms with Crippen molar-refractivity contribution in [1.82, 2.24) is 5.16 Å². The number of benzene rings is 1. The number of nitrogens with zero attached hydrogens (tertiary/aromatic N) is 1. The minimum Gasteiger partial charge on any atom is -0.486 e. The van der Waals surface area contributed by atoms with Crippen LogP contribution in [0.4, 0.5) is 0 Å². The van der Waals surface area contributed by atoms with E-state index in [1.54, 1.807) is 29.5 Å². The molecule has 0 aliphatic carbocycles. The number of thiophene rings is 1. The molecule has 2 N–H and O–H groups in total. The van der Waals surface area contributed by atoms with Crippen molar-refractivity contribution in [2.45, 2.75) is 6.61 Å². The highest BCUT2D eigenvalue weighted by Gasteiger charge is 2.12. The van der Waals surface area contributed by atoms with Crippen molar-refractivity contribution >= 4 is 28.8 Å². The average Bonchev–Trinajstić information content (AvgIpc) is 3.16. The van der Waals surface area contributed by atoms with Crippen molar-refractivity contribution in [2.75, 3.05) is 0 Å². The summed E-state index contributed by atoms with van der Waals surface area (Å²) >= 11 is 7.41.